The fourth-order valence-electron chi connectivity index (χ4n) is 2.45. The third kappa shape index (κ3) is 3.43. The number of carbonyl (C=O) groups is 1. The number of halogens is 1. The van der Waals surface area contributed by atoms with Gasteiger partial charge in [-0.15, -0.1) is 0 Å². The first-order valence-electron chi connectivity index (χ1n) is 6.77. The number of rotatable bonds is 3. The summed E-state index contributed by atoms with van der Waals surface area (Å²) in [4.78, 5) is 18.0. The minimum atomic E-state index is -0.545. The summed E-state index contributed by atoms with van der Waals surface area (Å²) in [5.74, 6) is -0.0974. The highest BCUT2D eigenvalue weighted by atomic mass is 19.1. The Labute approximate surface area is 113 Å². The topological polar surface area (TPSA) is 45.2 Å². The molecule has 0 aromatic carbocycles. The minimum absolute atomic E-state index is 0.0539. The molecule has 1 saturated heterocycles. The number of piperidine rings is 1. The van der Waals surface area contributed by atoms with Gasteiger partial charge in [0, 0.05) is 12.6 Å². The van der Waals surface area contributed by atoms with Crippen LogP contribution in [0.25, 0.3) is 0 Å². The van der Waals surface area contributed by atoms with E-state index in [-0.39, 0.29) is 11.9 Å². The van der Waals surface area contributed by atoms with Crippen LogP contribution in [0.4, 0.5) is 10.2 Å². The zero-order valence-corrected chi connectivity index (χ0v) is 11.4. The van der Waals surface area contributed by atoms with E-state index < -0.39 is 12.0 Å². The summed E-state index contributed by atoms with van der Waals surface area (Å²) in [5, 5.41) is 2.96. The molecule has 1 fully saturated rings. The summed E-state index contributed by atoms with van der Waals surface area (Å²) in [5.41, 5.74) is 0. The molecule has 2 heterocycles. The van der Waals surface area contributed by atoms with Crippen LogP contribution in [0.2, 0.25) is 0 Å². The second-order valence-electron chi connectivity index (χ2n) is 5.09. The Morgan fingerprint density at radius 1 is 1.53 bits per heavy atom. The van der Waals surface area contributed by atoms with Crippen molar-refractivity contribution < 1.29 is 9.18 Å². The zero-order valence-electron chi connectivity index (χ0n) is 11.4. The van der Waals surface area contributed by atoms with Gasteiger partial charge in [0.05, 0.1) is 0 Å². The fraction of sp³-hybridized carbons (Fsp3) is 0.571. The van der Waals surface area contributed by atoms with E-state index in [0.29, 0.717) is 5.82 Å². The highest BCUT2D eigenvalue weighted by Crippen LogP contribution is 2.18. The van der Waals surface area contributed by atoms with Crippen molar-refractivity contribution in [3.8, 4) is 0 Å². The van der Waals surface area contributed by atoms with Crippen molar-refractivity contribution in [2.24, 2.45) is 0 Å². The van der Waals surface area contributed by atoms with Crippen LogP contribution in [-0.4, -0.2) is 34.4 Å². The summed E-state index contributed by atoms with van der Waals surface area (Å²) in [6, 6.07) is 4.41. The molecule has 1 aliphatic heterocycles. The molecule has 0 spiro atoms. The van der Waals surface area contributed by atoms with Crippen molar-refractivity contribution in [3.63, 3.8) is 0 Å². The largest absolute Gasteiger partial charge is 0.359 e. The SMILES string of the molecule is CC(Nc1cccc(F)n1)C(=O)N1CCCCC1C. The van der Waals surface area contributed by atoms with Gasteiger partial charge in [0.15, 0.2) is 0 Å². The first-order chi connectivity index (χ1) is 9.08. The number of hydrogen-bond acceptors (Lipinski definition) is 3. The monoisotopic (exact) mass is 265 g/mol. The number of carbonyl (C=O) groups excluding carboxylic acids is 1. The van der Waals surface area contributed by atoms with Gasteiger partial charge < -0.3 is 10.2 Å². The Bertz CT molecular complexity index is 452. The summed E-state index contributed by atoms with van der Waals surface area (Å²) in [6.07, 6.45) is 3.29. The molecule has 1 aromatic rings. The number of amides is 1. The van der Waals surface area contributed by atoms with E-state index in [2.05, 4.69) is 17.2 Å². The summed E-state index contributed by atoms with van der Waals surface area (Å²) >= 11 is 0. The van der Waals surface area contributed by atoms with Crippen LogP contribution >= 0.6 is 0 Å². The van der Waals surface area contributed by atoms with Crippen LogP contribution < -0.4 is 5.32 Å². The highest BCUT2D eigenvalue weighted by Gasteiger charge is 2.26. The first-order valence-corrected chi connectivity index (χ1v) is 6.77. The average Bonchev–Trinajstić information content (AvgIpc) is 2.38. The molecule has 2 rings (SSSR count). The molecule has 2 atom stereocenters. The van der Waals surface area contributed by atoms with Gasteiger partial charge in [-0.3, -0.25) is 4.79 Å². The van der Waals surface area contributed by atoms with Crippen LogP contribution in [0, 0.1) is 5.95 Å². The van der Waals surface area contributed by atoms with E-state index in [1.54, 1.807) is 19.1 Å². The van der Waals surface area contributed by atoms with Crippen LogP contribution in [-0.2, 0) is 4.79 Å². The molecular weight excluding hydrogens is 245 g/mol. The first kappa shape index (κ1) is 13.8. The van der Waals surface area contributed by atoms with Crippen LogP contribution in [0.5, 0.6) is 0 Å². The molecule has 1 aromatic heterocycles. The second-order valence-corrected chi connectivity index (χ2v) is 5.09. The standard InChI is InChI=1S/C14H20FN3O/c1-10-6-3-4-9-18(10)14(19)11(2)16-13-8-5-7-12(15)17-13/h5,7-8,10-11H,3-4,6,9H2,1-2H3,(H,16,17). The maximum atomic E-state index is 13.0. The third-order valence-electron chi connectivity index (χ3n) is 3.54. The highest BCUT2D eigenvalue weighted by molar-refractivity contribution is 5.84. The fourth-order valence-corrected chi connectivity index (χ4v) is 2.45. The van der Waals surface area contributed by atoms with Crippen molar-refractivity contribution in [2.45, 2.75) is 45.2 Å². The zero-order chi connectivity index (χ0) is 13.8. The minimum Gasteiger partial charge on any atom is -0.359 e. The number of aromatic nitrogens is 1. The number of likely N-dealkylation sites (tertiary alicyclic amines) is 1. The Hall–Kier alpha value is -1.65. The van der Waals surface area contributed by atoms with Crippen molar-refractivity contribution in [2.75, 3.05) is 11.9 Å². The van der Waals surface area contributed by atoms with Gasteiger partial charge in [0.25, 0.3) is 0 Å². The van der Waals surface area contributed by atoms with E-state index in [4.69, 9.17) is 0 Å². The molecule has 1 N–H and O–H groups in total. The smallest absolute Gasteiger partial charge is 0.245 e. The number of anilines is 1. The molecule has 0 aliphatic carbocycles. The Kier molecular flexibility index (Phi) is 4.35. The third-order valence-corrected chi connectivity index (χ3v) is 3.54. The average molecular weight is 265 g/mol. The van der Waals surface area contributed by atoms with Gasteiger partial charge in [0.2, 0.25) is 11.9 Å². The van der Waals surface area contributed by atoms with Crippen molar-refractivity contribution in [1.29, 1.82) is 0 Å². The number of pyridine rings is 1. The van der Waals surface area contributed by atoms with E-state index >= 15 is 0 Å². The lowest BCUT2D eigenvalue weighted by atomic mass is 10.0. The molecule has 1 amide bonds. The van der Waals surface area contributed by atoms with Gasteiger partial charge in [-0.25, -0.2) is 4.98 Å². The predicted octanol–water partition coefficient (Wildman–Crippen LogP) is 2.42. The molecule has 2 unspecified atom stereocenters. The van der Waals surface area contributed by atoms with Crippen molar-refractivity contribution >= 4 is 11.7 Å². The number of hydrogen-bond donors (Lipinski definition) is 1. The van der Waals surface area contributed by atoms with Crippen LogP contribution in [0.15, 0.2) is 18.2 Å². The van der Waals surface area contributed by atoms with E-state index in [1.165, 1.54) is 12.5 Å². The molecule has 19 heavy (non-hydrogen) atoms. The second kappa shape index (κ2) is 5.99. The molecule has 5 heteroatoms. The van der Waals surface area contributed by atoms with Crippen molar-refractivity contribution in [1.82, 2.24) is 9.88 Å². The Morgan fingerprint density at radius 3 is 3.00 bits per heavy atom. The van der Waals surface area contributed by atoms with Gasteiger partial charge in [-0.05, 0) is 45.2 Å². The quantitative estimate of drug-likeness (QED) is 0.854. The molecule has 1 aliphatic rings. The lowest BCUT2D eigenvalue weighted by Crippen LogP contribution is -2.48. The van der Waals surface area contributed by atoms with Crippen molar-refractivity contribution in [3.05, 3.63) is 24.1 Å². The van der Waals surface area contributed by atoms with E-state index in [0.717, 1.165) is 19.4 Å². The normalized spacial score (nSPS) is 21.0. The Morgan fingerprint density at radius 2 is 2.32 bits per heavy atom. The molecule has 0 radical (unpaired) electrons. The van der Waals surface area contributed by atoms with E-state index in [9.17, 15) is 9.18 Å². The van der Waals surface area contributed by atoms with E-state index in [1.807, 2.05) is 4.90 Å². The summed E-state index contributed by atoms with van der Waals surface area (Å²) in [7, 11) is 0. The Balaban J connectivity index is 1.99. The van der Waals surface area contributed by atoms with Gasteiger partial charge >= 0.3 is 0 Å². The van der Waals surface area contributed by atoms with Gasteiger partial charge in [-0.1, -0.05) is 6.07 Å². The molecule has 0 bridgehead atoms. The molecule has 4 nitrogen and oxygen atoms in total. The maximum Gasteiger partial charge on any atom is 0.245 e. The lowest BCUT2D eigenvalue weighted by Gasteiger charge is -2.35. The summed E-state index contributed by atoms with van der Waals surface area (Å²) < 4.78 is 13.0. The maximum absolute atomic E-state index is 13.0. The summed E-state index contributed by atoms with van der Waals surface area (Å²) in [6.45, 7) is 4.67. The van der Waals surface area contributed by atoms with Gasteiger partial charge in [0.1, 0.15) is 11.9 Å². The molecule has 104 valence electrons. The number of nitrogens with zero attached hydrogens (tertiary/aromatic N) is 2. The lowest BCUT2D eigenvalue weighted by molar-refractivity contribution is -0.134. The molecular formula is C14H20FN3O. The predicted molar refractivity (Wildman–Crippen MR) is 72.3 cm³/mol. The molecule has 0 saturated carbocycles. The van der Waals surface area contributed by atoms with Crippen LogP contribution in [0.3, 0.4) is 0 Å². The van der Waals surface area contributed by atoms with Gasteiger partial charge in [-0.2, -0.15) is 4.39 Å². The van der Waals surface area contributed by atoms with Crippen LogP contribution in [0.1, 0.15) is 33.1 Å². The number of nitrogens with one attached hydrogen (secondary N) is 1.